The Morgan fingerprint density at radius 2 is 0.977 bits per heavy atom. The first-order chi connectivity index (χ1) is 21.2. The zero-order chi connectivity index (χ0) is 28.8. The summed E-state index contributed by atoms with van der Waals surface area (Å²) in [6, 6.07) is 55.1. The van der Waals surface area contributed by atoms with Gasteiger partial charge in [0.1, 0.15) is 5.58 Å². The number of anilines is 3. The predicted octanol–water partition coefficient (Wildman–Crippen LogP) is 12.2. The van der Waals surface area contributed by atoms with Crippen molar-refractivity contribution in [1.82, 2.24) is 0 Å². The zero-order valence-electron chi connectivity index (χ0n) is 23.2. The summed E-state index contributed by atoms with van der Waals surface area (Å²) in [5, 5.41) is 4.85. The van der Waals surface area contributed by atoms with E-state index in [1.54, 1.807) is 0 Å². The number of benzene rings is 7. The van der Waals surface area contributed by atoms with Gasteiger partial charge in [0.05, 0.1) is 16.1 Å². The first kappa shape index (κ1) is 25.4. The van der Waals surface area contributed by atoms with Gasteiger partial charge in [-0.25, -0.2) is 0 Å². The van der Waals surface area contributed by atoms with Gasteiger partial charge in [0, 0.05) is 22.1 Å². The largest absolute Gasteiger partial charge is 0.454 e. The lowest BCUT2D eigenvalue weighted by Crippen LogP contribution is -2.10. The van der Waals surface area contributed by atoms with Crippen LogP contribution in [0.25, 0.3) is 55.0 Å². The number of furan rings is 1. The fourth-order valence-electron chi connectivity index (χ4n) is 6.04. The molecule has 0 aliphatic heterocycles. The quantitative estimate of drug-likeness (QED) is 0.204. The summed E-state index contributed by atoms with van der Waals surface area (Å²) >= 11 is 6.77. The van der Waals surface area contributed by atoms with Crippen molar-refractivity contribution >= 4 is 61.4 Å². The van der Waals surface area contributed by atoms with Crippen LogP contribution in [0.3, 0.4) is 0 Å². The van der Waals surface area contributed by atoms with Crippen molar-refractivity contribution in [3.8, 4) is 22.3 Å². The average molecular weight is 572 g/mol. The Morgan fingerprint density at radius 3 is 1.67 bits per heavy atom. The van der Waals surface area contributed by atoms with Gasteiger partial charge in [-0.05, 0) is 70.1 Å². The number of hydrogen-bond donors (Lipinski definition) is 0. The normalized spacial score (nSPS) is 11.4. The van der Waals surface area contributed by atoms with Crippen LogP contribution in [-0.2, 0) is 0 Å². The molecule has 3 heteroatoms. The Balaban J connectivity index is 1.26. The van der Waals surface area contributed by atoms with Crippen LogP contribution in [0, 0.1) is 0 Å². The first-order valence-corrected chi connectivity index (χ1v) is 14.8. The molecule has 0 bridgehead atoms. The summed E-state index contributed by atoms with van der Waals surface area (Å²) < 4.78 is 6.52. The van der Waals surface area contributed by atoms with Gasteiger partial charge in [-0.15, -0.1) is 0 Å². The standard InChI is InChI=1S/C40H26ClNO/c41-36-25-26-37(38-35-24-21-31-11-7-8-14-34(31)39(35)43-40(36)38)42(32-12-5-2-6-13-32)33-22-19-30(20-23-33)29-17-15-28(16-18-29)27-9-3-1-4-10-27/h1-26H. The van der Waals surface area contributed by atoms with Gasteiger partial charge in [-0.1, -0.05) is 127 Å². The van der Waals surface area contributed by atoms with E-state index >= 15 is 0 Å². The van der Waals surface area contributed by atoms with Crippen LogP contribution in [0.15, 0.2) is 162 Å². The molecule has 0 spiro atoms. The fourth-order valence-corrected chi connectivity index (χ4v) is 6.23. The highest BCUT2D eigenvalue weighted by atomic mass is 35.5. The molecular formula is C40H26ClNO. The van der Waals surface area contributed by atoms with Gasteiger partial charge >= 0.3 is 0 Å². The van der Waals surface area contributed by atoms with Gasteiger partial charge in [-0.2, -0.15) is 0 Å². The predicted molar refractivity (Wildman–Crippen MR) is 182 cm³/mol. The summed E-state index contributed by atoms with van der Waals surface area (Å²) in [5.41, 5.74) is 9.44. The van der Waals surface area contributed by atoms with Crippen molar-refractivity contribution in [3.05, 3.63) is 163 Å². The molecule has 0 amide bonds. The highest BCUT2D eigenvalue weighted by Crippen LogP contribution is 2.46. The number of fused-ring (bicyclic) bond motifs is 5. The summed E-state index contributed by atoms with van der Waals surface area (Å²) in [4.78, 5) is 2.28. The number of halogens is 1. The first-order valence-electron chi connectivity index (χ1n) is 14.4. The summed E-state index contributed by atoms with van der Waals surface area (Å²) in [6.45, 7) is 0. The van der Waals surface area contributed by atoms with E-state index in [0.717, 1.165) is 49.8 Å². The van der Waals surface area contributed by atoms with Crippen LogP contribution in [0.1, 0.15) is 0 Å². The van der Waals surface area contributed by atoms with E-state index < -0.39 is 0 Å². The van der Waals surface area contributed by atoms with Crippen molar-refractivity contribution in [1.29, 1.82) is 0 Å². The molecule has 1 aromatic heterocycles. The van der Waals surface area contributed by atoms with Crippen LogP contribution in [0.4, 0.5) is 17.1 Å². The second-order valence-corrected chi connectivity index (χ2v) is 11.1. The van der Waals surface area contributed by atoms with E-state index in [1.165, 1.54) is 16.7 Å². The monoisotopic (exact) mass is 571 g/mol. The maximum absolute atomic E-state index is 6.77. The second-order valence-electron chi connectivity index (χ2n) is 10.7. The molecule has 0 aliphatic rings. The van der Waals surface area contributed by atoms with Crippen molar-refractivity contribution in [2.75, 3.05) is 4.90 Å². The van der Waals surface area contributed by atoms with Crippen LogP contribution < -0.4 is 4.90 Å². The molecule has 204 valence electrons. The third-order valence-electron chi connectivity index (χ3n) is 8.15. The SMILES string of the molecule is Clc1ccc(N(c2ccccc2)c2ccc(-c3ccc(-c4ccccc4)cc3)cc2)c2c1oc1c3ccccc3ccc12. The average Bonchev–Trinajstić information content (AvgIpc) is 3.49. The van der Waals surface area contributed by atoms with Crippen LogP contribution >= 0.6 is 11.6 Å². The van der Waals surface area contributed by atoms with Gasteiger partial charge in [0.25, 0.3) is 0 Å². The number of nitrogens with zero attached hydrogens (tertiary/aromatic N) is 1. The van der Waals surface area contributed by atoms with E-state index in [1.807, 2.05) is 30.3 Å². The minimum absolute atomic E-state index is 0.598. The molecule has 8 rings (SSSR count). The van der Waals surface area contributed by atoms with E-state index in [0.29, 0.717) is 10.6 Å². The van der Waals surface area contributed by atoms with Crippen molar-refractivity contribution in [2.45, 2.75) is 0 Å². The third kappa shape index (κ3) is 4.44. The molecule has 7 aromatic carbocycles. The molecular weight excluding hydrogens is 546 g/mol. The van der Waals surface area contributed by atoms with Gasteiger partial charge in [0.15, 0.2) is 5.58 Å². The molecule has 0 aliphatic carbocycles. The van der Waals surface area contributed by atoms with Gasteiger partial charge in [0.2, 0.25) is 0 Å². The molecule has 43 heavy (non-hydrogen) atoms. The Labute approximate surface area is 255 Å². The van der Waals surface area contributed by atoms with Crippen molar-refractivity contribution < 1.29 is 4.42 Å². The zero-order valence-corrected chi connectivity index (χ0v) is 24.0. The highest BCUT2D eigenvalue weighted by molar-refractivity contribution is 6.37. The molecule has 0 atom stereocenters. The van der Waals surface area contributed by atoms with Gasteiger partial charge in [-0.3, -0.25) is 0 Å². The maximum Gasteiger partial charge on any atom is 0.156 e. The smallest absolute Gasteiger partial charge is 0.156 e. The van der Waals surface area contributed by atoms with E-state index in [4.69, 9.17) is 16.0 Å². The van der Waals surface area contributed by atoms with Crippen molar-refractivity contribution in [3.63, 3.8) is 0 Å². The molecule has 0 saturated carbocycles. The van der Waals surface area contributed by atoms with E-state index in [-0.39, 0.29) is 0 Å². The topological polar surface area (TPSA) is 16.4 Å². The highest BCUT2D eigenvalue weighted by Gasteiger charge is 2.22. The third-order valence-corrected chi connectivity index (χ3v) is 8.44. The maximum atomic E-state index is 6.77. The van der Waals surface area contributed by atoms with Crippen LogP contribution in [-0.4, -0.2) is 0 Å². The number of para-hydroxylation sites is 1. The molecule has 2 nitrogen and oxygen atoms in total. The van der Waals surface area contributed by atoms with E-state index in [2.05, 4.69) is 132 Å². The summed E-state index contributed by atoms with van der Waals surface area (Å²) in [5.74, 6) is 0. The molecule has 0 radical (unpaired) electrons. The van der Waals surface area contributed by atoms with Crippen molar-refractivity contribution in [2.24, 2.45) is 0 Å². The minimum atomic E-state index is 0.598. The Kier molecular flexibility index (Phi) is 6.21. The minimum Gasteiger partial charge on any atom is -0.454 e. The van der Waals surface area contributed by atoms with E-state index in [9.17, 15) is 0 Å². The fraction of sp³-hybridized carbons (Fsp3) is 0. The Bertz CT molecular complexity index is 2220. The van der Waals surface area contributed by atoms with Crippen LogP contribution in [0.2, 0.25) is 5.02 Å². The molecule has 0 fully saturated rings. The lowest BCUT2D eigenvalue weighted by Gasteiger charge is -2.26. The Hall–Kier alpha value is -5.31. The van der Waals surface area contributed by atoms with Gasteiger partial charge < -0.3 is 9.32 Å². The number of hydrogen-bond acceptors (Lipinski definition) is 2. The molecule has 1 heterocycles. The lowest BCUT2D eigenvalue weighted by atomic mass is 10.00. The molecule has 0 N–H and O–H groups in total. The second kappa shape index (κ2) is 10.5. The number of rotatable bonds is 5. The molecule has 8 aromatic rings. The summed E-state index contributed by atoms with van der Waals surface area (Å²) in [6.07, 6.45) is 0. The summed E-state index contributed by atoms with van der Waals surface area (Å²) in [7, 11) is 0. The molecule has 0 saturated heterocycles. The lowest BCUT2D eigenvalue weighted by molar-refractivity contribution is 0.673. The van der Waals surface area contributed by atoms with Crippen LogP contribution in [0.5, 0.6) is 0 Å². The Morgan fingerprint density at radius 1 is 0.419 bits per heavy atom. The molecule has 0 unspecified atom stereocenters.